The van der Waals surface area contributed by atoms with Crippen molar-refractivity contribution in [3.05, 3.63) is 11.8 Å². The number of carbonyl (C=O) groups excluding carboxylic acids is 1. The molecule has 0 N–H and O–H groups in total. The minimum atomic E-state index is -0.675. The van der Waals surface area contributed by atoms with E-state index in [0.29, 0.717) is 0 Å². The first kappa shape index (κ1) is 6.60. The molecule has 1 radical (unpaired) electrons. The average molecular weight is 142 g/mol. The molecule has 0 bridgehead atoms. The van der Waals surface area contributed by atoms with Crippen molar-refractivity contribution in [1.82, 2.24) is 5.16 Å². The van der Waals surface area contributed by atoms with E-state index in [-0.39, 0.29) is 5.69 Å². The summed E-state index contributed by atoms with van der Waals surface area (Å²) in [6.07, 6.45) is 0. The maximum absolute atomic E-state index is 10.5. The summed E-state index contributed by atoms with van der Waals surface area (Å²) in [5, 5.41) is 13.4. The first-order chi connectivity index (χ1) is 4.74. The summed E-state index contributed by atoms with van der Waals surface area (Å²) in [7, 11) is 1.20. The molecule has 0 atom stereocenters. The lowest BCUT2D eigenvalue weighted by Crippen LogP contribution is -2.00. The van der Waals surface area contributed by atoms with E-state index in [1.165, 1.54) is 7.11 Å². The Bertz CT molecular complexity index is 242. The Labute approximate surface area is 56.2 Å². The molecule has 0 saturated heterocycles. The summed E-state index contributed by atoms with van der Waals surface area (Å²) >= 11 is 0. The van der Waals surface area contributed by atoms with Gasteiger partial charge in [0, 0.05) is 0 Å². The van der Waals surface area contributed by atoms with Crippen LogP contribution in [0.3, 0.4) is 0 Å². The fourth-order valence-corrected chi connectivity index (χ4v) is 0.459. The van der Waals surface area contributed by atoms with Crippen LogP contribution in [0.15, 0.2) is 10.6 Å². The number of rotatable bonds is 1. The molecule has 0 unspecified atom stereocenters. The fraction of sp³-hybridized carbons (Fsp3) is 0.200. The van der Waals surface area contributed by atoms with Gasteiger partial charge in [-0.15, -0.1) is 0 Å². The third-order valence-electron chi connectivity index (χ3n) is 0.883. The molecule has 5 heteroatoms. The highest BCUT2D eigenvalue weighted by atomic mass is 16.6. The second kappa shape index (κ2) is 2.38. The van der Waals surface area contributed by atoms with Crippen LogP contribution in [-0.4, -0.2) is 18.2 Å². The highest BCUT2D eigenvalue weighted by molar-refractivity contribution is 5.87. The molecule has 0 aliphatic carbocycles. The molecule has 1 aromatic rings. The third-order valence-corrected chi connectivity index (χ3v) is 0.883. The SMILES string of the molecule is COC(=O)c1cc([O])on1. The molecule has 1 heterocycles. The zero-order valence-electron chi connectivity index (χ0n) is 5.16. The Morgan fingerprint density at radius 2 is 2.50 bits per heavy atom. The maximum atomic E-state index is 10.5. The van der Waals surface area contributed by atoms with E-state index in [0.717, 1.165) is 6.07 Å². The van der Waals surface area contributed by atoms with E-state index in [1.807, 2.05) is 0 Å². The van der Waals surface area contributed by atoms with Gasteiger partial charge in [0.05, 0.1) is 13.2 Å². The van der Waals surface area contributed by atoms with Gasteiger partial charge in [-0.2, -0.15) is 0 Å². The molecule has 1 aromatic heterocycles. The zero-order chi connectivity index (χ0) is 7.56. The predicted molar refractivity (Wildman–Crippen MR) is 28.0 cm³/mol. The van der Waals surface area contributed by atoms with E-state index >= 15 is 0 Å². The lowest BCUT2D eigenvalue weighted by molar-refractivity contribution is 0.0589. The van der Waals surface area contributed by atoms with Crippen molar-refractivity contribution in [3.8, 4) is 5.95 Å². The Balaban J connectivity index is 2.85. The topological polar surface area (TPSA) is 72.2 Å². The van der Waals surface area contributed by atoms with Crippen LogP contribution in [0.4, 0.5) is 0 Å². The van der Waals surface area contributed by atoms with Crippen LogP contribution in [0.1, 0.15) is 10.5 Å². The highest BCUT2D eigenvalue weighted by Crippen LogP contribution is 2.10. The summed E-state index contributed by atoms with van der Waals surface area (Å²) in [6.45, 7) is 0. The summed E-state index contributed by atoms with van der Waals surface area (Å²) < 4.78 is 8.33. The molecule has 0 saturated carbocycles. The number of ether oxygens (including phenoxy) is 1. The van der Waals surface area contributed by atoms with Crippen molar-refractivity contribution >= 4 is 5.97 Å². The molecule has 53 valence electrons. The summed E-state index contributed by atoms with van der Waals surface area (Å²) in [6, 6.07) is 0.964. The van der Waals surface area contributed by atoms with Crippen LogP contribution in [0.2, 0.25) is 0 Å². The van der Waals surface area contributed by atoms with Crippen LogP contribution >= 0.6 is 0 Å². The van der Waals surface area contributed by atoms with E-state index in [2.05, 4.69) is 14.4 Å². The molecular weight excluding hydrogens is 138 g/mol. The number of carbonyl (C=O) groups is 1. The van der Waals surface area contributed by atoms with Crippen molar-refractivity contribution in [3.63, 3.8) is 0 Å². The van der Waals surface area contributed by atoms with Gasteiger partial charge in [-0.25, -0.2) is 9.90 Å². The van der Waals surface area contributed by atoms with Crippen LogP contribution in [0.25, 0.3) is 0 Å². The normalized spacial score (nSPS) is 9.30. The quantitative estimate of drug-likeness (QED) is 0.538. The smallest absolute Gasteiger partial charge is 0.361 e. The van der Waals surface area contributed by atoms with Gasteiger partial charge in [-0.05, 0) is 0 Å². The largest absolute Gasteiger partial charge is 0.464 e. The number of methoxy groups -OCH3 is 1. The van der Waals surface area contributed by atoms with Crippen LogP contribution in [0.5, 0.6) is 5.95 Å². The molecular formula is C5H4NO4. The van der Waals surface area contributed by atoms with Crippen molar-refractivity contribution in [1.29, 1.82) is 0 Å². The molecule has 0 aliphatic rings. The maximum Gasteiger partial charge on any atom is 0.361 e. The number of esters is 1. The lowest BCUT2D eigenvalue weighted by Gasteiger charge is -1.87. The minimum Gasteiger partial charge on any atom is -0.464 e. The van der Waals surface area contributed by atoms with E-state index in [4.69, 9.17) is 0 Å². The van der Waals surface area contributed by atoms with Gasteiger partial charge < -0.3 is 9.26 Å². The Morgan fingerprint density at radius 3 is 2.90 bits per heavy atom. The Hall–Kier alpha value is -1.52. The van der Waals surface area contributed by atoms with Gasteiger partial charge in [0.25, 0.3) is 0 Å². The minimum absolute atomic E-state index is 0.104. The second-order valence-corrected chi connectivity index (χ2v) is 1.52. The van der Waals surface area contributed by atoms with Crippen LogP contribution in [-0.2, 0) is 9.84 Å². The molecule has 0 aliphatic heterocycles. The monoisotopic (exact) mass is 142 g/mol. The Kier molecular flexibility index (Phi) is 1.57. The summed E-state index contributed by atoms with van der Waals surface area (Å²) in [5.74, 6) is -1.33. The number of hydrogen-bond donors (Lipinski definition) is 0. The standard InChI is InChI=1S/C5H4NO4/c1-9-5(8)3-2-4(7)10-6-3/h2H,1H3. The second-order valence-electron chi connectivity index (χ2n) is 1.52. The zero-order valence-corrected chi connectivity index (χ0v) is 5.16. The van der Waals surface area contributed by atoms with Crippen molar-refractivity contribution < 1.29 is 19.2 Å². The van der Waals surface area contributed by atoms with Gasteiger partial charge in [0.1, 0.15) is 0 Å². The lowest BCUT2D eigenvalue weighted by atomic mass is 10.4. The number of aromatic nitrogens is 1. The summed E-state index contributed by atoms with van der Waals surface area (Å²) in [4.78, 5) is 10.5. The van der Waals surface area contributed by atoms with Crippen LogP contribution in [0, 0.1) is 0 Å². The summed E-state index contributed by atoms with van der Waals surface area (Å²) in [5.41, 5.74) is -0.104. The van der Waals surface area contributed by atoms with E-state index < -0.39 is 11.9 Å². The molecule has 0 fully saturated rings. The average Bonchev–Trinajstić information content (AvgIpc) is 2.34. The van der Waals surface area contributed by atoms with Crippen molar-refractivity contribution in [2.24, 2.45) is 0 Å². The molecule has 0 amide bonds. The van der Waals surface area contributed by atoms with Crippen LogP contribution < -0.4 is 0 Å². The third kappa shape index (κ3) is 1.07. The first-order valence-electron chi connectivity index (χ1n) is 2.46. The molecule has 10 heavy (non-hydrogen) atoms. The molecule has 1 rings (SSSR count). The van der Waals surface area contributed by atoms with Gasteiger partial charge in [0.2, 0.25) is 0 Å². The Morgan fingerprint density at radius 1 is 1.80 bits per heavy atom. The fourth-order valence-electron chi connectivity index (χ4n) is 0.459. The number of nitrogens with zero attached hydrogens (tertiary/aromatic N) is 1. The van der Waals surface area contributed by atoms with E-state index in [1.54, 1.807) is 0 Å². The first-order valence-corrected chi connectivity index (χ1v) is 2.46. The number of hydrogen-bond acceptors (Lipinski definition) is 4. The molecule has 0 spiro atoms. The van der Waals surface area contributed by atoms with Gasteiger partial charge in [-0.3, -0.25) is 0 Å². The van der Waals surface area contributed by atoms with E-state index in [9.17, 15) is 9.90 Å². The van der Waals surface area contributed by atoms with Crippen molar-refractivity contribution in [2.75, 3.05) is 7.11 Å². The van der Waals surface area contributed by atoms with Gasteiger partial charge in [-0.1, -0.05) is 5.16 Å². The molecule has 5 nitrogen and oxygen atoms in total. The highest BCUT2D eigenvalue weighted by Gasteiger charge is 2.11. The van der Waals surface area contributed by atoms with Crippen molar-refractivity contribution in [2.45, 2.75) is 0 Å². The predicted octanol–water partition coefficient (Wildman–Crippen LogP) is 0.605. The van der Waals surface area contributed by atoms with Gasteiger partial charge >= 0.3 is 11.9 Å². The molecule has 0 aromatic carbocycles. The van der Waals surface area contributed by atoms with Gasteiger partial charge in [0.15, 0.2) is 5.69 Å².